The van der Waals surface area contributed by atoms with Crippen LogP contribution in [0.25, 0.3) is 11.4 Å². The molecule has 0 radical (unpaired) electrons. The Kier molecular flexibility index (Phi) is 5.70. The normalized spacial score (nSPS) is 10.4. The van der Waals surface area contributed by atoms with Gasteiger partial charge in [0.2, 0.25) is 5.88 Å². The van der Waals surface area contributed by atoms with Crippen LogP contribution in [0.1, 0.15) is 20.7 Å². The standard InChI is InChI=1S/C23H18N4O4/c1-30-17-12-10-16(11-13-17)25-22(29)19-20(18-9-5-6-14-24-18)27-31-23(19)26-21(28)15-7-3-2-4-8-15/h2-14H,1H3,(H,25,29)(H,26,28). The van der Waals surface area contributed by atoms with E-state index in [0.717, 1.165) is 0 Å². The number of methoxy groups -OCH3 is 1. The Morgan fingerprint density at radius 3 is 2.29 bits per heavy atom. The number of carbonyl (C=O) groups is 2. The molecule has 0 atom stereocenters. The van der Waals surface area contributed by atoms with Gasteiger partial charge in [-0.05, 0) is 48.5 Å². The van der Waals surface area contributed by atoms with Crippen molar-refractivity contribution >= 4 is 23.4 Å². The van der Waals surface area contributed by atoms with Crippen LogP contribution < -0.4 is 15.4 Å². The van der Waals surface area contributed by atoms with Crippen LogP contribution in [-0.4, -0.2) is 29.1 Å². The van der Waals surface area contributed by atoms with E-state index in [1.54, 1.807) is 86.1 Å². The summed E-state index contributed by atoms with van der Waals surface area (Å²) in [6, 6.07) is 20.7. The SMILES string of the molecule is COc1ccc(NC(=O)c2c(-c3ccccn3)noc2NC(=O)c2ccccc2)cc1. The Bertz CT molecular complexity index is 1190. The Hall–Kier alpha value is -4.46. The van der Waals surface area contributed by atoms with Gasteiger partial charge in [0.25, 0.3) is 11.8 Å². The molecule has 8 heteroatoms. The molecule has 0 saturated carbocycles. The molecule has 0 aliphatic rings. The molecule has 0 bridgehead atoms. The van der Waals surface area contributed by atoms with Gasteiger partial charge in [-0.15, -0.1) is 0 Å². The number of hydrogen-bond acceptors (Lipinski definition) is 6. The molecular formula is C23H18N4O4. The number of anilines is 2. The lowest BCUT2D eigenvalue weighted by molar-refractivity contribution is 0.102. The molecule has 8 nitrogen and oxygen atoms in total. The van der Waals surface area contributed by atoms with Crippen molar-refractivity contribution in [3.05, 3.63) is 90.1 Å². The zero-order valence-electron chi connectivity index (χ0n) is 16.5. The summed E-state index contributed by atoms with van der Waals surface area (Å²) >= 11 is 0. The number of ether oxygens (including phenoxy) is 1. The van der Waals surface area contributed by atoms with Crippen LogP contribution in [0.3, 0.4) is 0 Å². The molecular weight excluding hydrogens is 396 g/mol. The number of hydrogen-bond donors (Lipinski definition) is 2. The van der Waals surface area contributed by atoms with Crippen molar-refractivity contribution in [1.29, 1.82) is 0 Å². The van der Waals surface area contributed by atoms with Crippen molar-refractivity contribution in [2.75, 3.05) is 17.7 Å². The molecule has 4 rings (SSSR count). The predicted octanol–water partition coefficient (Wildman–Crippen LogP) is 4.25. The molecule has 0 unspecified atom stereocenters. The van der Waals surface area contributed by atoms with E-state index in [0.29, 0.717) is 22.7 Å². The average Bonchev–Trinajstić information content (AvgIpc) is 3.24. The van der Waals surface area contributed by atoms with Gasteiger partial charge in [-0.25, -0.2) is 0 Å². The highest BCUT2D eigenvalue weighted by Gasteiger charge is 2.26. The van der Waals surface area contributed by atoms with E-state index in [4.69, 9.17) is 9.26 Å². The van der Waals surface area contributed by atoms with E-state index in [2.05, 4.69) is 20.8 Å². The average molecular weight is 414 g/mol. The van der Waals surface area contributed by atoms with Gasteiger partial charge in [-0.2, -0.15) is 0 Å². The highest BCUT2D eigenvalue weighted by molar-refractivity contribution is 6.14. The fourth-order valence-corrected chi connectivity index (χ4v) is 2.90. The number of benzene rings is 2. The highest BCUT2D eigenvalue weighted by Crippen LogP contribution is 2.29. The van der Waals surface area contributed by atoms with Crippen LogP contribution >= 0.6 is 0 Å². The van der Waals surface area contributed by atoms with Crippen LogP contribution in [-0.2, 0) is 0 Å². The van der Waals surface area contributed by atoms with E-state index in [1.807, 2.05) is 0 Å². The van der Waals surface area contributed by atoms with E-state index < -0.39 is 11.8 Å². The summed E-state index contributed by atoms with van der Waals surface area (Å²) in [6.07, 6.45) is 1.58. The van der Waals surface area contributed by atoms with E-state index >= 15 is 0 Å². The van der Waals surface area contributed by atoms with Gasteiger partial charge >= 0.3 is 0 Å². The fraction of sp³-hybridized carbons (Fsp3) is 0.0435. The van der Waals surface area contributed by atoms with Crippen LogP contribution in [0, 0.1) is 0 Å². The topological polar surface area (TPSA) is 106 Å². The van der Waals surface area contributed by atoms with Crippen LogP contribution in [0.15, 0.2) is 83.5 Å². The minimum absolute atomic E-state index is 0.0683. The van der Waals surface area contributed by atoms with Gasteiger partial charge in [-0.1, -0.05) is 29.4 Å². The van der Waals surface area contributed by atoms with Crippen LogP contribution in [0.5, 0.6) is 5.75 Å². The molecule has 2 amide bonds. The second-order valence-corrected chi connectivity index (χ2v) is 6.45. The first kappa shape index (κ1) is 19.8. The van der Waals surface area contributed by atoms with Gasteiger partial charge in [0, 0.05) is 17.4 Å². The molecule has 4 aromatic rings. The van der Waals surface area contributed by atoms with Crippen molar-refractivity contribution in [2.24, 2.45) is 0 Å². The molecule has 0 fully saturated rings. The van der Waals surface area contributed by atoms with Crippen LogP contribution in [0.2, 0.25) is 0 Å². The lowest BCUT2D eigenvalue weighted by Gasteiger charge is -2.08. The number of carbonyl (C=O) groups excluding carboxylic acids is 2. The maximum absolute atomic E-state index is 13.1. The summed E-state index contributed by atoms with van der Waals surface area (Å²) in [5.41, 5.74) is 1.68. The number of pyridine rings is 1. The molecule has 2 aromatic carbocycles. The largest absolute Gasteiger partial charge is 0.497 e. The third-order valence-corrected chi connectivity index (χ3v) is 4.44. The van der Waals surface area contributed by atoms with Gasteiger partial charge < -0.3 is 14.6 Å². The molecule has 0 spiro atoms. The van der Waals surface area contributed by atoms with E-state index in [-0.39, 0.29) is 17.1 Å². The maximum Gasteiger partial charge on any atom is 0.263 e. The maximum atomic E-state index is 13.1. The third-order valence-electron chi connectivity index (χ3n) is 4.44. The minimum atomic E-state index is -0.504. The molecule has 0 aliphatic carbocycles. The molecule has 0 saturated heterocycles. The second-order valence-electron chi connectivity index (χ2n) is 6.45. The Morgan fingerprint density at radius 1 is 0.871 bits per heavy atom. The zero-order chi connectivity index (χ0) is 21.6. The number of amides is 2. The number of nitrogens with one attached hydrogen (secondary N) is 2. The first-order chi connectivity index (χ1) is 15.2. The molecule has 154 valence electrons. The van der Waals surface area contributed by atoms with Gasteiger partial charge in [0.05, 0.1) is 12.8 Å². The van der Waals surface area contributed by atoms with Gasteiger partial charge in [0.15, 0.2) is 0 Å². The zero-order valence-corrected chi connectivity index (χ0v) is 16.5. The molecule has 0 aliphatic heterocycles. The van der Waals surface area contributed by atoms with Gasteiger partial charge in [-0.3, -0.25) is 19.9 Å². The van der Waals surface area contributed by atoms with E-state index in [1.165, 1.54) is 0 Å². The number of rotatable bonds is 6. The van der Waals surface area contributed by atoms with E-state index in [9.17, 15) is 9.59 Å². The first-order valence-electron chi connectivity index (χ1n) is 9.38. The van der Waals surface area contributed by atoms with Crippen molar-refractivity contribution in [3.63, 3.8) is 0 Å². The fourth-order valence-electron chi connectivity index (χ4n) is 2.90. The second kappa shape index (κ2) is 8.91. The minimum Gasteiger partial charge on any atom is -0.497 e. The molecule has 2 aromatic heterocycles. The van der Waals surface area contributed by atoms with Crippen molar-refractivity contribution in [1.82, 2.24) is 10.1 Å². The van der Waals surface area contributed by atoms with Crippen molar-refractivity contribution in [2.45, 2.75) is 0 Å². The first-order valence-corrected chi connectivity index (χ1v) is 9.38. The van der Waals surface area contributed by atoms with Crippen LogP contribution in [0.4, 0.5) is 11.6 Å². The monoisotopic (exact) mass is 414 g/mol. The summed E-state index contributed by atoms with van der Waals surface area (Å²) in [5, 5.41) is 9.40. The highest BCUT2D eigenvalue weighted by atomic mass is 16.5. The Balaban J connectivity index is 1.68. The number of nitrogens with zero attached hydrogens (tertiary/aromatic N) is 2. The Morgan fingerprint density at radius 2 is 1.61 bits per heavy atom. The summed E-state index contributed by atoms with van der Waals surface area (Å²) in [7, 11) is 1.56. The Labute approximate surface area is 177 Å². The summed E-state index contributed by atoms with van der Waals surface area (Å²) in [5.74, 6) is -0.341. The smallest absolute Gasteiger partial charge is 0.263 e. The molecule has 2 heterocycles. The summed E-state index contributed by atoms with van der Waals surface area (Å²) in [4.78, 5) is 30.0. The summed E-state index contributed by atoms with van der Waals surface area (Å²) < 4.78 is 10.5. The lowest BCUT2D eigenvalue weighted by Crippen LogP contribution is -2.17. The quantitative estimate of drug-likeness (QED) is 0.489. The van der Waals surface area contributed by atoms with Crippen molar-refractivity contribution in [3.8, 4) is 17.1 Å². The van der Waals surface area contributed by atoms with Crippen molar-refractivity contribution < 1.29 is 18.8 Å². The molecule has 2 N–H and O–H groups in total. The lowest BCUT2D eigenvalue weighted by atomic mass is 10.1. The number of aromatic nitrogens is 2. The van der Waals surface area contributed by atoms with Gasteiger partial charge in [0.1, 0.15) is 17.0 Å². The predicted molar refractivity (Wildman–Crippen MR) is 115 cm³/mol. The summed E-state index contributed by atoms with van der Waals surface area (Å²) in [6.45, 7) is 0. The molecule has 31 heavy (non-hydrogen) atoms. The third kappa shape index (κ3) is 4.43.